The number of nitrogens with zero attached hydrogens (tertiary/aromatic N) is 1. The van der Waals surface area contributed by atoms with E-state index in [1.54, 1.807) is 0 Å². The molecule has 0 fully saturated rings. The van der Waals surface area contributed by atoms with Crippen LogP contribution >= 0.6 is 11.3 Å². The lowest BCUT2D eigenvalue weighted by Crippen LogP contribution is -2.10. The third-order valence-corrected chi connectivity index (χ3v) is 8.60. The van der Waals surface area contributed by atoms with Crippen molar-refractivity contribution in [1.82, 2.24) is 0 Å². The van der Waals surface area contributed by atoms with E-state index in [1.807, 2.05) is 11.3 Å². The van der Waals surface area contributed by atoms with Crippen molar-refractivity contribution in [2.75, 3.05) is 4.90 Å². The van der Waals surface area contributed by atoms with Gasteiger partial charge >= 0.3 is 0 Å². The first-order valence-corrected chi connectivity index (χ1v) is 13.9. The van der Waals surface area contributed by atoms with Gasteiger partial charge in [-0.05, 0) is 65.7 Å². The second-order valence-electron chi connectivity index (χ2n) is 9.71. The van der Waals surface area contributed by atoms with Gasteiger partial charge in [0.2, 0.25) is 0 Å². The average Bonchev–Trinajstić information content (AvgIpc) is 3.57. The van der Waals surface area contributed by atoms with Gasteiger partial charge in [-0.3, -0.25) is 0 Å². The lowest BCUT2D eigenvalue weighted by atomic mass is 9.95. The van der Waals surface area contributed by atoms with Crippen molar-refractivity contribution in [3.05, 3.63) is 140 Å². The Bertz CT molecular complexity index is 2080. The molecule has 0 amide bonds. The van der Waals surface area contributed by atoms with E-state index >= 15 is 0 Å². The Morgan fingerprint density at radius 1 is 0.436 bits per heavy atom. The predicted octanol–water partition coefficient (Wildman–Crippen LogP) is 11.1. The van der Waals surface area contributed by atoms with Gasteiger partial charge in [0.15, 0.2) is 0 Å². The fourth-order valence-electron chi connectivity index (χ4n) is 5.84. The second kappa shape index (κ2) is 8.87. The van der Waals surface area contributed by atoms with Gasteiger partial charge in [-0.2, -0.15) is 0 Å². The van der Waals surface area contributed by atoms with Crippen LogP contribution in [0.25, 0.3) is 53.2 Å². The molecule has 8 aromatic rings. The van der Waals surface area contributed by atoms with Gasteiger partial charge in [-0.1, -0.05) is 84.9 Å². The molecule has 0 radical (unpaired) electrons. The van der Waals surface area contributed by atoms with Gasteiger partial charge in [0.25, 0.3) is 0 Å². The van der Waals surface area contributed by atoms with Gasteiger partial charge in [-0.25, -0.2) is 0 Å². The summed E-state index contributed by atoms with van der Waals surface area (Å²) in [6, 6.07) is 49.3. The molecule has 8 rings (SSSR count). The van der Waals surface area contributed by atoms with E-state index in [0.29, 0.717) is 0 Å². The van der Waals surface area contributed by atoms with Crippen molar-refractivity contribution >= 4 is 70.5 Å². The topological polar surface area (TPSA) is 16.4 Å². The van der Waals surface area contributed by atoms with Crippen LogP contribution in [-0.2, 0) is 0 Å². The van der Waals surface area contributed by atoms with E-state index in [4.69, 9.17) is 4.42 Å². The third kappa shape index (κ3) is 3.48. The maximum absolute atomic E-state index is 6.53. The number of hydrogen-bond acceptors (Lipinski definition) is 3. The van der Waals surface area contributed by atoms with Crippen LogP contribution in [-0.4, -0.2) is 0 Å². The SMILES string of the molecule is c1ccc(N(c2ccccc2)c2cccc3oc4cccc(-c5cccc6sc7ccccc7c56)c4c23)cc1. The lowest BCUT2D eigenvalue weighted by molar-refractivity contribution is 0.669. The number of thiophene rings is 1. The zero-order chi connectivity index (χ0) is 25.8. The van der Waals surface area contributed by atoms with E-state index in [1.165, 1.54) is 31.3 Å². The van der Waals surface area contributed by atoms with E-state index < -0.39 is 0 Å². The Balaban J connectivity index is 1.48. The normalized spacial score (nSPS) is 11.6. The fourth-order valence-corrected chi connectivity index (χ4v) is 6.97. The highest BCUT2D eigenvalue weighted by Gasteiger charge is 2.22. The first-order valence-electron chi connectivity index (χ1n) is 13.1. The third-order valence-electron chi connectivity index (χ3n) is 7.46. The number of anilines is 3. The van der Waals surface area contributed by atoms with Crippen molar-refractivity contribution in [3.63, 3.8) is 0 Å². The second-order valence-corrected chi connectivity index (χ2v) is 10.8. The summed E-state index contributed by atoms with van der Waals surface area (Å²) in [5.41, 5.74) is 7.51. The highest BCUT2D eigenvalue weighted by molar-refractivity contribution is 7.25. The van der Waals surface area contributed by atoms with Crippen LogP contribution in [0.1, 0.15) is 0 Å². The molecule has 184 valence electrons. The highest BCUT2D eigenvalue weighted by Crippen LogP contribution is 2.47. The summed E-state index contributed by atoms with van der Waals surface area (Å²) >= 11 is 1.85. The quantitative estimate of drug-likeness (QED) is 0.231. The monoisotopic (exact) mass is 517 g/mol. The fraction of sp³-hybridized carbons (Fsp3) is 0. The van der Waals surface area contributed by atoms with E-state index in [-0.39, 0.29) is 0 Å². The molecule has 2 heterocycles. The van der Waals surface area contributed by atoms with E-state index in [0.717, 1.165) is 39.0 Å². The highest BCUT2D eigenvalue weighted by atomic mass is 32.1. The standard InChI is InChI=1S/C36H23NOS/c1-3-12-24(13-4-1)37(25-14-5-2-6-15-25)29-19-11-21-31-36(29)35-27(17-9-20-30(35)38-31)26-18-10-23-33-34(26)28-16-7-8-22-32(28)39-33/h1-23H. The van der Waals surface area contributed by atoms with Gasteiger partial charge in [0, 0.05) is 36.9 Å². The van der Waals surface area contributed by atoms with Crippen LogP contribution in [0.5, 0.6) is 0 Å². The molecule has 0 spiro atoms. The van der Waals surface area contributed by atoms with E-state index in [2.05, 4.69) is 144 Å². The minimum absolute atomic E-state index is 0.883. The van der Waals surface area contributed by atoms with Crippen LogP contribution in [0.15, 0.2) is 144 Å². The number of hydrogen-bond donors (Lipinski definition) is 0. The van der Waals surface area contributed by atoms with Crippen LogP contribution in [0, 0.1) is 0 Å². The molecule has 0 bridgehead atoms. The smallest absolute Gasteiger partial charge is 0.137 e. The Hall–Kier alpha value is -4.86. The Labute approximate surface area is 230 Å². The Morgan fingerprint density at radius 2 is 1.00 bits per heavy atom. The van der Waals surface area contributed by atoms with Crippen molar-refractivity contribution in [3.8, 4) is 11.1 Å². The van der Waals surface area contributed by atoms with Gasteiger partial charge < -0.3 is 9.32 Å². The van der Waals surface area contributed by atoms with Crippen LogP contribution in [0.4, 0.5) is 17.1 Å². The molecule has 0 aliphatic carbocycles. The molecular formula is C36H23NOS. The summed E-state index contributed by atoms with van der Waals surface area (Å²) in [6.45, 7) is 0. The Kier molecular flexibility index (Phi) is 5.04. The van der Waals surface area contributed by atoms with Gasteiger partial charge in [0.1, 0.15) is 11.2 Å². The summed E-state index contributed by atoms with van der Waals surface area (Å²) in [7, 11) is 0. The zero-order valence-electron chi connectivity index (χ0n) is 21.0. The molecule has 0 saturated heterocycles. The number of rotatable bonds is 4. The summed E-state index contributed by atoms with van der Waals surface area (Å²) in [5.74, 6) is 0. The van der Waals surface area contributed by atoms with Crippen LogP contribution < -0.4 is 4.90 Å². The summed E-state index contributed by atoms with van der Waals surface area (Å²) < 4.78 is 9.14. The molecule has 0 N–H and O–H groups in total. The largest absolute Gasteiger partial charge is 0.456 e. The van der Waals surface area contributed by atoms with Crippen molar-refractivity contribution in [2.24, 2.45) is 0 Å². The summed E-state index contributed by atoms with van der Waals surface area (Å²) in [6.07, 6.45) is 0. The minimum atomic E-state index is 0.883. The maximum atomic E-state index is 6.53. The lowest BCUT2D eigenvalue weighted by Gasteiger charge is -2.26. The molecule has 2 aromatic heterocycles. The van der Waals surface area contributed by atoms with Crippen molar-refractivity contribution < 1.29 is 4.42 Å². The maximum Gasteiger partial charge on any atom is 0.137 e. The molecule has 0 aliphatic heterocycles. The van der Waals surface area contributed by atoms with Crippen LogP contribution in [0.3, 0.4) is 0 Å². The average molecular weight is 518 g/mol. The van der Waals surface area contributed by atoms with Crippen molar-refractivity contribution in [1.29, 1.82) is 0 Å². The van der Waals surface area contributed by atoms with Gasteiger partial charge in [0.05, 0.1) is 11.1 Å². The molecular weight excluding hydrogens is 494 g/mol. The summed E-state index contributed by atoms with van der Waals surface area (Å²) in [5, 5.41) is 4.86. The number of benzene rings is 6. The summed E-state index contributed by atoms with van der Waals surface area (Å²) in [4.78, 5) is 2.33. The van der Waals surface area contributed by atoms with Crippen molar-refractivity contribution in [2.45, 2.75) is 0 Å². The predicted molar refractivity (Wildman–Crippen MR) is 167 cm³/mol. The molecule has 0 saturated carbocycles. The Morgan fingerprint density at radius 3 is 1.74 bits per heavy atom. The molecule has 6 aromatic carbocycles. The van der Waals surface area contributed by atoms with E-state index in [9.17, 15) is 0 Å². The molecule has 3 heteroatoms. The number of fused-ring (bicyclic) bond motifs is 6. The molecule has 0 atom stereocenters. The first kappa shape index (κ1) is 22.2. The molecule has 0 aliphatic rings. The molecule has 39 heavy (non-hydrogen) atoms. The zero-order valence-corrected chi connectivity index (χ0v) is 21.9. The minimum Gasteiger partial charge on any atom is -0.456 e. The molecule has 2 nitrogen and oxygen atoms in total. The number of para-hydroxylation sites is 2. The molecule has 0 unspecified atom stereocenters. The van der Waals surface area contributed by atoms with Gasteiger partial charge in [-0.15, -0.1) is 11.3 Å². The number of furan rings is 1. The first-order chi connectivity index (χ1) is 19.4. The van der Waals surface area contributed by atoms with Crippen LogP contribution in [0.2, 0.25) is 0 Å².